The number of aliphatic hydroxyl groups is 1. The van der Waals surface area contributed by atoms with Crippen LogP contribution in [0.2, 0.25) is 5.02 Å². The molecule has 0 aliphatic carbocycles. The predicted octanol–water partition coefficient (Wildman–Crippen LogP) is 3.64. The maximum atomic E-state index is 12.6. The lowest BCUT2D eigenvalue weighted by molar-refractivity contribution is -0.135. The Morgan fingerprint density at radius 3 is 2.52 bits per heavy atom. The first kappa shape index (κ1) is 18.2. The molecule has 2 aromatic heterocycles. The molecule has 27 heavy (non-hydrogen) atoms. The van der Waals surface area contributed by atoms with Gasteiger partial charge in [0.2, 0.25) is 5.91 Å². The van der Waals surface area contributed by atoms with Crippen LogP contribution >= 0.6 is 22.9 Å². The third kappa shape index (κ3) is 3.93. The standard InChI is InChI=1S/C20H20ClN3O2S/c21-16-5-3-15(4-6-16)20(26)7-11-23(12-8-20)18(25)13-17-14-27-19(22-17)24-9-1-2-10-24/h1-6,9-10,14,26H,7-8,11-13H2. The molecule has 3 heterocycles. The normalized spacial score (nSPS) is 16.4. The summed E-state index contributed by atoms with van der Waals surface area (Å²) in [5.41, 5.74) is 0.742. The zero-order chi connectivity index (χ0) is 18.9. The summed E-state index contributed by atoms with van der Waals surface area (Å²) in [6, 6.07) is 11.2. The van der Waals surface area contributed by atoms with Gasteiger partial charge < -0.3 is 14.6 Å². The quantitative estimate of drug-likeness (QED) is 0.726. The minimum Gasteiger partial charge on any atom is -0.385 e. The number of nitrogens with zero attached hydrogens (tertiary/aromatic N) is 3. The monoisotopic (exact) mass is 401 g/mol. The maximum absolute atomic E-state index is 12.6. The van der Waals surface area contributed by atoms with Crippen molar-refractivity contribution in [1.29, 1.82) is 0 Å². The summed E-state index contributed by atoms with van der Waals surface area (Å²) in [4.78, 5) is 19.0. The van der Waals surface area contributed by atoms with Gasteiger partial charge in [-0.1, -0.05) is 23.7 Å². The Hall–Kier alpha value is -2.15. The lowest BCUT2D eigenvalue weighted by Crippen LogP contribution is -2.45. The number of carbonyl (C=O) groups is 1. The van der Waals surface area contributed by atoms with E-state index in [0.717, 1.165) is 16.4 Å². The van der Waals surface area contributed by atoms with E-state index in [4.69, 9.17) is 11.6 Å². The summed E-state index contributed by atoms with van der Waals surface area (Å²) >= 11 is 7.46. The van der Waals surface area contributed by atoms with Gasteiger partial charge in [-0.15, -0.1) is 11.3 Å². The molecule has 0 bridgehead atoms. The van der Waals surface area contributed by atoms with Gasteiger partial charge in [0.25, 0.3) is 0 Å². The van der Waals surface area contributed by atoms with Crippen molar-refractivity contribution in [2.75, 3.05) is 13.1 Å². The second-order valence-electron chi connectivity index (χ2n) is 6.81. The highest BCUT2D eigenvalue weighted by molar-refractivity contribution is 7.12. The highest BCUT2D eigenvalue weighted by Crippen LogP contribution is 2.33. The third-order valence-electron chi connectivity index (χ3n) is 5.02. The van der Waals surface area contributed by atoms with Gasteiger partial charge in [-0.3, -0.25) is 4.79 Å². The molecule has 140 valence electrons. The molecule has 3 aromatic rings. The number of thiazole rings is 1. The van der Waals surface area contributed by atoms with Crippen LogP contribution < -0.4 is 0 Å². The highest BCUT2D eigenvalue weighted by Gasteiger charge is 2.35. The van der Waals surface area contributed by atoms with Crippen molar-refractivity contribution >= 4 is 28.8 Å². The molecule has 7 heteroatoms. The van der Waals surface area contributed by atoms with Crippen molar-refractivity contribution in [1.82, 2.24) is 14.5 Å². The van der Waals surface area contributed by atoms with Crippen LogP contribution in [0, 0.1) is 0 Å². The molecule has 1 aliphatic rings. The van der Waals surface area contributed by atoms with E-state index in [1.54, 1.807) is 12.1 Å². The second kappa shape index (κ2) is 7.46. The number of benzene rings is 1. The lowest BCUT2D eigenvalue weighted by atomic mass is 9.84. The van der Waals surface area contributed by atoms with Gasteiger partial charge in [0.05, 0.1) is 17.7 Å². The van der Waals surface area contributed by atoms with Crippen LogP contribution in [0.5, 0.6) is 0 Å². The van der Waals surface area contributed by atoms with Crippen LogP contribution in [0.15, 0.2) is 54.2 Å². The molecule has 1 fully saturated rings. The minimum atomic E-state index is -0.899. The summed E-state index contributed by atoms with van der Waals surface area (Å²) in [5, 5.41) is 14.4. The summed E-state index contributed by atoms with van der Waals surface area (Å²) in [5.74, 6) is 0.0533. The third-order valence-corrected chi connectivity index (χ3v) is 6.18. The number of amides is 1. The van der Waals surface area contributed by atoms with E-state index in [1.165, 1.54) is 11.3 Å². The number of aromatic nitrogens is 2. The molecule has 0 radical (unpaired) electrons. The Morgan fingerprint density at radius 2 is 1.85 bits per heavy atom. The number of hydrogen-bond donors (Lipinski definition) is 1. The highest BCUT2D eigenvalue weighted by atomic mass is 35.5. The van der Waals surface area contributed by atoms with Gasteiger partial charge in [-0.05, 0) is 42.7 Å². The van der Waals surface area contributed by atoms with E-state index in [1.807, 2.05) is 51.5 Å². The van der Waals surface area contributed by atoms with Gasteiger partial charge >= 0.3 is 0 Å². The van der Waals surface area contributed by atoms with Gasteiger partial charge in [0.15, 0.2) is 5.13 Å². The molecule has 0 unspecified atom stereocenters. The Kier molecular flexibility index (Phi) is 5.04. The number of likely N-dealkylation sites (tertiary alicyclic amines) is 1. The number of halogens is 1. The van der Waals surface area contributed by atoms with E-state index in [-0.39, 0.29) is 12.3 Å². The summed E-state index contributed by atoms with van der Waals surface area (Å²) < 4.78 is 1.94. The van der Waals surface area contributed by atoms with Crippen molar-refractivity contribution in [2.45, 2.75) is 24.9 Å². The minimum absolute atomic E-state index is 0.0533. The molecule has 1 aliphatic heterocycles. The first-order valence-electron chi connectivity index (χ1n) is 8.87. The largest absolute Gasteiger partial charge is 0.385 e. The van der Waals surface area contributed by atoms with Crippen LogP contribution in [-0.4, -0.2) is 38.6 Å². The molecule has 1 amide bonds. The number of rotatable bonds is 4. The van der Waals surface area contributed by atoms with Gasteiger partial charge in [0.1, 0.15) is 0 Å². The van der Waals surface area contributed by atoms with Crippen LogP contribution in [0.3, 0.4) is 0 Å². The zero-order valence-corrected chi connectivity index (χ0v) is 16.3. The van der Waals surface area contributed by atoms with Gasteiger partial charge in [-0.2, -0.15) is 0 Å². The summed E-state index contributed by atoms with van der Waals surface area (Å²) in [7, 11) is 0. The molecule has 0 atom stereocenters. The fourth-order valence-corrected chi connectivity index (χ4v) is 4.32. The van der Waals surface area contributed by atoms with Crippen LogP contribution in [-0.2, 0) is 16.8 Å². The maximum Gasteiger partial charge on any atom is 0.228 e. The van der Waals surface area contributed by atoms with Crippen molar-refractivity contribution in [3.05, 3.63) is 70.5 Å². The summed E-state index contributed by atoms with van der Waals surface area (Å²) in [6.07, 6.45) is 5.20. The van der Waals surface area contributed by atoms with Crippen molar-refractivity contribution in [3.63, 3.8) is 0 Å². The Morgan fingerprint density at radius 1 is 1.19 bits per heavy atom. The zero-order valence-electron chi connectivity index (χ0n) is 14.7. The molecule has 1 aromatic carbocycles. The second-order valence-corrected chi connectivity index (χ2v) is 8.08. The Bertz CT molecular complexity index is 913. The SMILES string of the molecule is O=C(Cc1csc(-n2cccc2)n1)N1CCC(O)(c2ccc(Cl)cc2)CC1. The molecule has 1 N–H and O–H groups in total. The lowest BCUT2D eigenvalue weighted by Gasteiger charge is -2.38. The fraction of sp³-hybridized carbons (Fsp3) is 0.300. The molecule has 0 saturated carbocycles. The van der Waals surface area contributed by atoms with Crippen LogP contribution in [0.4, 0.5) is 0 Å². The average molecular weight is 402 g/mol. The molecular formula is C20H20ClN3O2S. The van der Waals surface area contributed by atoms with Crippen molar-refractivity contribution in [2.24, 2.45) is 0 Å². The van der Waals surface area contributed by atoms with E-state index in [0.29, 0.717) is 31.0 Å². The Labute approximate surface area is 166 Å². The topological polar surface area (TPSA) is 58.4 Å². The van der Waals surface area contributed by atoms with Gasteiger partial charge in [-0.25, -0.2) is 4.98 Å². The van der Waals surface area contributed by atoms with E-state index < -0.39 is 5.60 Å². The molecule has 1 saturated heterocycles. The first-order valence-corrected chi connectivity index (χ1v) is 10.1. The van der Waals surface area contributed by atoms with Crippen LogP contribution in [0.25, 0.3) is 5.13 Å². The number of carbonyl (C=O) groups excluding carboxylic acids is 1. The average Bonchev–Trinajstić information content (AvgIpc) is 3.34. The summed E-state index contributed by atoms with van der Waals surface area (Å²) in [6.45, 7) is 1.07. The molecule has 5 nitrogen and oxygen atoms in total. The number of hydrogen-bond acceptors (Lipinski definition) is 4. The van der Waals surface area contributed by atoms with Crippen molar-refractivity contribution in [3.8, 4) is 5.13 Å². The predicted molar refractivity (Wildman–Crippen MR) is 106 cm³/mol. The number of piperidine rings is 1. The fourth-order valence-electron chi connectivity index (χ4n) is 3.40. The van der Waals surface area contributed by atoms with Gasteiger partial charge in [0, 0.05) is 35.9 Å². The van der Waals surface area contributed by atoms with Crippen molar-refractivity contribution < 1.29 is 9.90 Å². The Balaban J connectivity index is 1.37. The van der Waals surface area contributed by atoms with E-state index >= 15 is 0 Å². The molecule has 4 rings (SSSR count). The van der Waals surface area contributed by atoms with E-state index in [2.05, 4.69) is 4.98 Å². The van der Waals surface area contributed by atoms with Crippen LogP contribution in [0.1, 0.15) is 24.1 Å². The molecule has 0 spiro atoms. The first-order chi connectivity index (χ1) is 13.0. The van der Waals surface area contributed by atoms with E-state index in [9.17, 15) is 9.90 Å². The molecular weight excluding hydrogens is 382 g/mol. The smallest absolute Gasteiger partial charge is 0.228 e.